The Balaban J connectivity index is 2.25. The Kier molecular flexibility index (Phi) is 6.42. The van der Waals surface area contributed by atoms with Crippen LogP contribution in [0.5, 0.6) is 0 Å². The highest BCUT2D eigenvalue weighted by Crippen LogP contribution is 2.43. The number of piperidine rings is 1. The maximum absolute atomic E-state index is 14.8. The van der Waals surface area contributed by atoms with E-state index in [9.17, 15) is 14.3 Å². The van der Waals surface area contributed by atoms with Gasteiger partial charge in [-0.25, -0.2) is 9.18 Å². The number of ether oxygens (including phenoxy) is 1. The Morgan fingerprint density at radius 3 is 2.35 bits per heavy atom. The second kappa shape index (κ2) is 8.58. The summed E-state index contributed by atoms with van der Waals surface area (Å²) in [6.45, 7) is 13.3. The van der Waals surface area contributed by atoms with Crippen LogP contribution in [0.15, 0.2) is 30.5 Å². The number of aryl methyl sites for hydroxylation is 1. The molecule has 6 heteroatoms. The molecule has 0 amide bonds. The standard InChI is InChI=1S/C25H33FN2O3/c1-16-20(22(23(29)30)31-24(2,3)4)21(28-13-11-25(5,6)12-14-28)18(15-27-16)17-9-7-8-10-19(17)26/h7-10,15,22H,11-14H2,1-6H3,(H,29,30)/t22-/m0/s1. The summed E-state index contributed by atoms with van der Waals surface area (Å²) in [7, 11) is 0. The van der Waals surface area contributed by atoms with Crippen LogP contribution in [0.4, 0.5) is 10.1 Å². The molecule has 2 aromatic rings. The highest BCUT2D eigenvalue weighted by atomic mass is 19.1. The molecule has 0 spiro atoms. The van der Waals surface area contributed by atoms with E-state index in [1.54, 1.807) is 31.3 Å². The molecule has 1 aromatic carbocycles. The Labute approximate surface area is 184 Å². The average molecular weight is 429 g/mol. The van der Waals surface area contributed by atoms with Gasteiger partial charge in [-0.1, -0.05) is 32.0 Å². The number of carbonyl (C=O) groups is 1. The van der Waals surface area contributed by atoms with Crippen molar-refractivity contribution in [3.05, 3.63) is 47.5 Å². The molecule has 1 saturated heterocycles. The van der Waals surface area contributed by atoms with E-state index in [1.807, 2.05) is 20.8 Å². The van der Waals surface area contributed by atoms with Crippen molar-refractivity contribution in [2.45, 2.75) is 66.1 Å². The Morgan fingerprint density at radius 2 is 1.81 bits per heavy atom. The molecular formula is C25H33FN2O3. The maximum atomic E-state index is 14.8. The van der Waals surface area contributed by atoms with Crippen molar-refractivity contribution in [3.8, 4) is 11.1 Å². The fourth-order valence-electron chi connectivity index (χ4n) is 4.06. The molecule has 3 rings (SSSR count). The van der Waals surface area contributed by atoms with Gasteiger partial charge in [-0.15, -0.1) is 0 Å². The van der Waals surface area contributed by atoms with Gasteiger partial charge in [0, 0.05) is 41.7 Å². The van der Waals surface area contributed by atoms with E-state index >= 15 is 0 Å². The summed E-state index contributed by atoms with van der Waals surface area (Å²) in [5.74, 6) is -1.44. The minimum absolute atomic E-state index is 0.213. The zero-order chi connectivity index (χ0) is 23.0. The molecule has 1 N–H and O–H groups in total. The first kappa shape index (κ1) is 23.2. The highest BCUT2D eigenvalue weighted by Gasteiger charge is 2.36. The van der Waals surface area contributed by atoms with Gasteiger partial charge in [0.1, 0.15) is 5.82 Å². The second-order valence-electron chi connectivity index (χ2n) is 10.1. The summed E-state index contributed by atoms with van der Waals surface area (Å²) in [6, 6.07) is 6.55. The van der Waals surface area contributed by atoms with Crippen LogP contribution in [-0.4, -0.2) is 34.8 Å². The molecule has 1 atom stereocenters. The monoisotopic (exact) mass is 428 g/mol. The van der Waals surface area contributed by atoms with Gasteiger partial charge in [0.05, 0.1) is 11.3 Å². The summed E-state index contributed by atoms with van der Waals surface area (Å²) in [5, 5.41) is 10.1. The molecule has 0 bridgehead atoms. The first-order chi connectivity index (χ1) is 14.4. The van der Waals surface area contributed by atoms with Crippen LogP contribution >= 0.6 is 0 Å². The number of hydrogen-bond acceptors (Lipinski definition) is 4. The predicted molar refractivity (Wildman–Crippen MR) is 121 cm³/mol. The van der Waals surface area contributed by atoms with Crippen molar-refractivity contribution >= 4 is 11.7 Å². The number of carboxylic acids is 1. The molecule has 0 radical (unpaired) electrons. The second-order valence-corrected chi connectivity index (χ2v) is 10.1. The summed E-state index contributed by atoms with van der Waals surface area (Å²) in [5.41, 5.74) is 2.35. The minimum atomic E-state index is -1.20. The molecule has 1 fully saturated rings. The number of aliphatic carboxylic acids is 1. The Morgan fingerprint density at radius 1 is 1.19 bits per heavy atom. The van der Waals surface area contributed by atoms with E-state index < -0.39 is 17.7 Å². The molecule has 2 heterocycles. The van der Waals surface area contributed by atoms with Crippen LogP contribution in [0.3, 0.4) is 0 Å². The van der Waals surface area contributed by atoms with Gasteiger partial charge in [-0.2, -0.15) is 0 Å². The summed E-state index contributed by atoms with van der Waals surface area (Å²) in [6.07, 6.45) is 2.37. The molecular weight excluding hydrogens is 395 g/mol. The van der Waals surface area contributed by atoms with Gasteiger partial charge in [0.15, 0.2) is 6.10 Å². The summed E-state index contributed by atoms with van der Waals surface area (Å²) < 4.78 is 20.8. The molecule has 1 aliphatic rings. The van der Waals surface area contributed by atoms with Crippen LogP contribution in [0.1, 0.15) is 64.8 Å². The van der Waals surface area contributed by atoms with Crippen LogP contribution in [-0.2, 0) is 9.53 Å². The molecule has 168 valence electrons. The number of nitrogens with zero attached hydrogens (tertiary/aromatic N) is 2. The maximum Gasteiger partial charge on any atom is 0.337 e. The van der Waals surface area contributed by atoms with Gasteiger partial charge >= 0.3 is 5.97 Å². The highest BCUT2D eigenvalue weighted by molar-refractivity contribution is 5.86. The van der Waals surface area contributed by atoms with Gasteiger partial charge in [0.25, 0.3) is 0 Å². The number of pyridine rings is 1. The van der Waals surface area contributed by atoms with Gasteiger partial charge in [0.2, 0.25) is 0 Å². The van der Waals surface area contributed by atoms with Crippen LogP contribution in [0.2, 0.25) is 0 Å². The minimum Gasteiger partial charge on any atom is -0.479 e. The third kappa shape index (κ3) is 5.24. The largest absolute Gasteiger partial charge is 0.479 e. The number of aromatic nitrogens is 1. The summed E-state index contributed by atoms with van der Waals surface area (Å²) >= 11 is 0. The van der Waals surface area contributed by atoms with Crippen molar-refractivity contribution in [3.63, 3.8) is 0 Å². The van der Waals surface area contributed by atoms with E-state index in [0.717, 1.165) is 25.9 Å². The topological polar surface area (TPSA) is 62.7 Å². The molecule has 31 heavy (non-hydrogen) atoms. The molecule has 1 aliphatic heterocycles. The number of anilines is 1. The van der Waals surface area contributed by atoms with Gasteiger partial charge < -0.3 is 14.7 Å². The van der Waals surface area contributed by atoms with Crippen LogP contribution in [0, 0.1) is 18.2 Å². The Hall–Kier alpha value is -2.47. The van der Waals surface area contributed by atoms with Crippen LogP contribution in [0.25, 0.3) is 11.1 Å². The van der Waals surface area contributed by atoms with Crippen molar-refractivity contribution in [1.29, 1.82) is 0 Å². The lowest BCUT2D eigenvalue weighted by Gasteiger charge is -2.41. The van der Waals surface area contributed by atoms with E-state index in [4.69, 9.17) is 4.74 Å². The van der Waals surface area contributed by atoms with Gasteiger partial charge in [-0.3, -0.25) is 4.98 Å². The van der Waals surface area contributed by atoms with Crippen molar-refractivity contribution in [2.75, 3.05) is 18.0 Å². The van der Waals surface area contributed by atoms with Crippen molar-refractivity contribution < 1.29 is 19.0 Å². The third-order valence-electron chi connectivity index (χ3n) is 5.84. The smallest absolute Gasteiger partial charge is 0.337 e. The normalized spacial score (nSPS) is 17.5. The number of rotatable bonds is 5. The lowest BCUT2D eigenvalue weighted by Crippen LogP contribution is -2.39. The van der Waals surface area contributed by atoms with E-state index in [2.05, 4.69) is 23.7 Å². The molecule has 0 saturated carbocycles. The zero-order valence-electron chi connectivity index (χ0n) is 19.3. The summed E-state index contributed by atoms with van der Waals surface area (Å²) in [4.78, 5) is 19.0. The number of carboxylic acid groups (broad SMARTS) is 1. The van der Waals surface area contributed by atoms with Crippen molar-refractivity contribution in [2.24, 2.45) is 5.41 Å². The Bertz CT molecular complexity index is 956. The molecule has 0 aliphatic carbocycles. The van der Waals surface area contributed by atoms with Crippen LogP contribution < -0.4 is 4.90 Å². The average Bonchev–Trinajstić information content (AvgIpc) is 2.66. The lowest BCUT2D eigenvalue weighted by atomic mass is 9.82. The van der Waals surface area contributed by atoms with E-state index in [1.165, 1.54) is 6.07 Å². The quantitative estimate of drug-likeness (QED) is 0.656. The van der Waals surface area contributed by atoms with E-state index in [-0.39, 0.29) is 11.2 Å². The van der Waals surface area contributed by atoms with E-state index in [0.29, 0.717) is 28.1 Å². The zero-order valence-corrected chi connectivity index (χ0v) is 19.3. The molecule has 5 nitrogen and oxygen atoms in total. The predicted octanol–water partition coefficient (Wildman–Crippen LogP) is 5.76. The first-order valence-corrected chi connectivity index (χ1v) is 10.8. The fraction of sp³-hybridized carbons (Fsp3) is 0.520. The number of benzene rings is 1. The number of halogens is 1. The molecule has 0 unspecified atom stereocenters. The third-order valence-corrected chi connectivity index (χ3v) is 5.84. The fourth-order valence-corrected chi connectivity index (χ4v) is 4.06. The lowest BCUT2D eigenvalue weighted by molar-refractivity contribution is -0.160. The number of hydrogen-bond donors (Lipinski definition) is 1. The first-order valence-electron chi connectivity index (χ1n) is 10.8. The van der Waals surface area contributed by atoms with Crippen molar-refractivity contribution in [1.82, 2.24) is 4.98 Å². The SMILES string of the molecule is Cc1ncc(-c2ccccc2F)c(N2CCC(C)(C)CC2)c1[C@H](OC(C)(C)C)C(=O)O. The molecule has 1 aromatic heterocycles. The van der Waals surface area contributed by atoms with Gasteiger partial charge in [-0.05, 0) is 52.0 Å².